The largest absolute Gasteiger partial charge is 0.481 e. The quantitative estimate of drug-likeness (QED) is 0.640. The second-order valence-electron chi connectivity index (χ2n) is 4.01. The van der Waals surface area contributed by atoms with Gasteiger partial charge in [0.25, 0.3) is 0 Å². The summed E-state index contributed by atoms with van der Waals surface area (Å²) in [5, 5.41) is 11.0. The molecule has 2 N–H and O–H groups in total. The summed E-state index contributed by atoms with van der Waals surface area (Å²) < 4.78 is 0. The van der Waals surface area contributed by atoms with Crippen molar-refractivity contribution in [2.45, 2.75) is 38.6 Å². The van der Waals surface area contributed by atoms with Crippen LogP contribution in [0.15, 0.2) is 0 Å². The number of amides is 1. The molecule has 0 saturated heterocycles. The predicted octanol–water partition coefficient (Wildman–Crippen LogP) is 1.76. The molecular formula is C12H21NO4S2. The van der Waals surface area contributed by atoms with Gasteiger partial charge >= 0.3 is 5.97 Å². The molecule has 5 nitrogen and oxygen atoms in total. The highest BCUT2D eigenvalue weighted by molar-refractivity contribution is 8.14. The zero-order valence-corrected chi connectivity index (χ0v) is 12.9. The van der Waals surface area contributed by atoms with Crippen LogP contribution in [-0.4, -0.2) is 45.9 Å². The van der Waals surface area contributed by atoms with Gasteiger partial charge < -0.3 is 10.4 Å². The molecule has 0 bridgehead atoms. The van der Waals surface area contributed by atoms with Crippen molar-refractivity contribution in [2.24, 2.45) is 0 Å². The molecular weight excluding hydrogens is 286 g/mol. The van der Waals surface area contributed by atoms with Gasteiger partial charge in [0.1, 0.15) is 0 Å². The van der Waals surface area contributed by atoms with Gasteiger partial charge in [-0.2, -0.15) is 11.8 Å². The maximum absolute atomic E-state index is 11.8. The van der Waals surface area contributed by atoms with Crippen LogP contribution < -0.4 is 5.32 Å². The van der Waals surface area contributed by atoms with Crippen LogP contribution in [0.4, 0.5) is 0 Å². The van der Waals surface area contributed by atoms with E-state index >= 15 is 0 Å². The van der Waals surface area contributed by atoms with E-state index in [0.29, 0.717) is 12.8 Å². The number of hydrogen-bond donors (Lipinski definition) is 2. The summed E-state index contributed by atoms with van der Waals surface area (Å²) in [5.41, 5.74) is 0. The van der Waals surface area contributed by atoms with Crippen LogP contribution in [0.5, 0.6) is 0 Å². The molecule has 19 heavy (non-hydrogen) atoms. The third-order valence-corrected chi connectivity index (χ3v) is 3.93. The summed E-state index contributed by atoms with van der Waals surface area (Å²) in [4.78, 5) is 33.9. The molecule has 7 heteroatoms. The number of unbranched alkanes of at least 4 members (excludes halogenated alkanes) is 1. The number of thioether (sulfide) groups is 2. The van der Waals surface area contributed by atoms with Gasteiger partial charge in [-0.25, -0.2) is 0 Å². The van der Waals surface area contributed by atoms with Crippen LogP contribution in [0.1, 0.15) is 32.6 Å². The smallest absolute Gasteiger partial charge is 0.313 e. The third kappa shape index (κ3) is 9.84. The highest BCUT2D eigenvalue weighted by Gasteiger charge is 2.21. The minimum absolute atomic E-state index is 0.141. The second kappa shape index (κ2) is 11.2. The van der Waals surface area contributed by atoms with Crippen LogP contribution in [0.2, 0.25) is 0 Å². The Bertz CT molecular complexity index is 310. The van der Waals surface area contributed by atoms with E-state index in [1.807, 2.05) is 13.2 Å². The molecule has 1 atom stereocenters. The van der Waals surface area contributed by atoms with Gasteiger partial charge in [0.05, 0.1) is 11.8 Å². The Hall–Kier alpha value is -0.690. The first-order valence-corrected chi connectivity index (χ1v) is 8.55. The van der Waals surface area contributed by atoms with E-state index in [-0.39, 0.29) is 16.8 Å². The van der Waals surface area contributed by atoms with E-state index in [1.54, 1.807) is 11.8 Å². The first-order valence-electron chi connectivity index (χ1n) is 6.18. The third-order valence-electron chi connectivity index (χ3n) is 2.33. The van der Waals surface area contributed by atoms with Crippen molar-refractivity contribution < 1.29 is 19.5 Å². The summed E-state index contributed by atoms with van der Waals surface area (Å²) in [6.07, 6.45) is 4.57. The second-order valence-corrected chi connectivity index (χ2v) is 5.97. The minimum Gasteiger partial charge on any atom is -0.481 e. The van der Waals surface area contributed by atoms with Gasteiger partial charge in [0, 0.05) is 6.42 Å². The Balaban J connectivity index is 4.30. The molecule has 0 aromatic rings. The van der Waals surface area contributed by atoms with Crippen LogP contribution in [0.25, 0.3) is 0 Å². The van der Waals surface area contributed by atoms with Gasteiger partial charge in [0.2, 0.25) is 11.0 Å². The van der Waals surface area contributed by atoms with Crippen LogP contribution in [0, 0.1) is 0 Å². The summed E-state index contributed by atoms with van der Waals surface area (Å²) in [6.45, 7) is 1.99. The summed E-state index contributed by atoms with van der Waals surface area (Å²) in [6, 6.07) is -0.582. The molecule has 0 heterocycles. The molecule has 110 valence electrons. The predicted molar refractivity (Wildman–Crippen MR) is 79.6 cm³/mol. The Labute approximate surface area is 122 Å². The number of carbonyl (C=O) groups excluding carboxylic acids is 2. The Morgan fingerprint density at radius 2 is 2.00 bits per heavy atom. The number of hydrogen-bond acceptors (Lipinski definition) is 5. The number of nitrogens with one attached hydrogen (secondary N) is 1. The standard InChI is InChI=1S/C12H21NO4S2/c1-3-4-5-10(14)13-9(6-7-18-2)12(17)19-8-11(15)16/h9H,3-8H2,1-2H3,(H,13,14)(H,15,16). The van der Waals surface area contributed by atoms with E-state index in [1.165, 1.54) is 0 Å². The molecule has 0 aliphatic carbocycles. The minimum atomic E-state index is -1.03. The molecule has 0 fully saturated rings. The lowest BCUT2D eigenvalue weighted by Crippen LogP contribution is -2.40. The van der Waals surface area contributed by atoms with Crippen LogP contribution >= 0.6 is 23.5 Å². The lowest BCUT2D eigenvalue weighted by Gasteiger charge is -2.16. The van der Waals surface area contributed by atoms with Gasteiger partial charge in [-0.05, 0) is 24.9 Å². The van der Waals surface area contributed by atoms with E-state index in [2.05, 4.69) is 5.32 Å². The topological polar surface area (TPSA) is 83.5 Å². The number of rotatable bonds is 10. The average Bonchev–Trinajstić information content (AvgIpc) is 2.38. The molecule has 0 aromatic carbocycles. The van der Waals surface area contributed by atoms with Gasteiger partial charge in [0.15, 0.2) is 0 Å². The number of carbonyl (C=O) groups is 3. The zero-order chi connectivity index (χ0) is 14.7. The maximum Gasteiger partial charge on any atom is 0.313 e. The van der Waals surface area contributed by atoms with Gasteiger partial charge in [-0.15, -0.1) is 0 Å². The average molecular weight is 307 g/mol. The number of carboxylic acid groups (broad SMARTS) is 1. The van der Waals surface area contributed by atoms with Crippen molar-refractivity contribution >= 4 is 40.5 Å². The van der Waals surface area contributed by atoms with Crippen molar-refractivity contribution in [2.75, 3.05) is 17.8 Å². The lowest BCUT2D eigenvalue weighted by atomic mass is 10.2. The number of aliphatic carboxylic acids is 1. The molecule has 1 unspecified atom stereocenters. The van der Waals surface area contributed by atoms with Crippen molar-refractivity contribution in [1.29, 1.82) is 0 Å². The first kappa shape index (κ1) is 18.3. The molecule has 1 amide bonds. The van der Waals surface area contributed by atoms with E-state index in [0.717, 1.165) is 30.4 Å². The molecule has 0 aliphatic rings. The fourth-order valence-electron chi connectivity index (χ4n) is 1.32. The normalized spacial score (nSPS) is 11.9. The summed E-state index contributed by atoms with van der Waals surface area (Å²) >= 11 is 2.33. The molecule has 0 radical (unpaired) electrons. The van der Waals surface area contributed by atoms with Crippen LogP contribution in [-0.2, 0) is 14.4 Å². The monoisotopic (exact) mass is 307 g/mol. The summed E-state index contributed by atoms with van der Waals surface area (Å²) in [5.74, 6) is -0.686. The Kier molecular flexibility index (Phi) is 10.8. The SMILES string of the molecule is CCCCC(=O)NC(CCSC)C(=O)SCC(=O)O. The van der Waals surface area contributed by atoms with Crippen LogP contribution in [0.3, 0.4) is 0 Å². The molecule has 0 rings (SSSR count). The van der Waals surface area contributed by atoms with Gasteiger partial charge in [-0.3, -0.25) is 14.4 Å². The Morgan fingerprint density at radius 3 is 2.53 bits per heavy atom. The maximum atomic E-state index is 11.8. The zero-order valence-electron chi connectivity index (χ0n) is 11.3. The van der Waals surface area contributed by atoms with E-state index in [9.17, 15) is 14.4 Å². The fourth-order valence-corrected chi connectivity index (χ4v) is 2.44. The lowest BCUT2D eigenvalue weighted by molar-refractivity contribution is -0.134. The first-order chi connectivity index (χ1) is 9.01. The fraction of sp³-hybridized carbons (Fsp3) is 0.750. The van der Waals surface area contributed by atoms with E-state index < -0.39 is 12.0 Å². The van der Waals surface area contributed by atoms with Crippen molar-refractivity contribution in [1.82, 2.24) is 5.32 Å². The highest BCUT2D eigenvalue weighted by Crippen LogP contribution is 2.11. The molecule has 0 spiro atoms. The molecule has 0 aliphatic heterocycles. The number of carboxylic acids is 1. The highest BCUT2D eigenvalue weighted by atomic mass is 32.2. The van der Waals surface area contributed by atoms with Crippen molar-refractivity contribution in [3.8, 4) is 0 Å². The van der Waals surface area contributed by atoms with Crippen molar-refractivity contribution in [3.05, 3.63) is 0 Å². The molecule has 0 saturated carbocycles. The summed E-state index contributed by atoms with van der Waals surface area (Å²) in [7, 11) is 0. The van der Waals surface area contributed by atoms with E-state index in [4.69, 9.17) is 5.11 Å². The Morgan fingerprint density at radius 1 is 1.32 bits per heavy atom. The van der Waals surface area contributed by atoms with Crippen molar-refractivity contribution in [3.63, 3.8) is 0 Å². The molecule has 0 aromatic heterocycles. The van der Waals surface area contributed by atoms with Gasteiger partial charge in [-0.1, -0.05) is 25.1 Å².